The molecule has 0 bridgehead atoms. The molecule has 0 aliphatic heterocycles. The molecule has 0 amide bonds. The smallest absolute Gasteiger partial charge is 0.00517 e. The molecule has 0 N–H and O–H groups in total. The van der Waals surface area contributed by atoms with Gasteiger partial charge in [0.15, 0.2) is 0 Å². The van der Waals surface area contributed by atoms with E-state index in [9.17, 15) is 0 Å². The Kier molecular flexibility index (Phi) is 2.65. The summed E-state index contributed by atoms with van der Waals surface area (Å²) < 4.78 is 0. The first-order chi connectivity index (χ1) is 4.38. The molecular formula is C8H14S. The van der Waals surface area contributed by atoms with E-state index in [2.05, 4.69) is 19.9 Å². The van der Waals surface area contributed by atoms with Gasteiger partial charge in [-0.3, -0.25) is 0 Å². The fourth-order valence-electron chi connectivity index (χ4n) is 0.971. The van der Waals surface area contributed by atoms with E-state index in [1.165, 1.54) is 18.6 Å². The van der Waals surface area contributed by atoms with Crippen molar-refractivity contribution in [1.82, 2.24) is 0 Å². The topological polar surface area (TPSA) is 0 Å². The van der Waals surface area contributed by atoms with Crippen LogP contribution in [0.2, 0.25) is 0 Å². The van der Waals surface area contributed by atoms with Gasteiger partial charge in [-0.05, 0) is 36.3 Å². The molecule has 1 heteroatoms. The van der Waals surface area contributed by atoms with Crippen LogP contribution in [0.25, 0.3) is 0 Å². The summed E-state index contributed by atoms with van der Waals surface area (Å²) in [7, 11) is 0. The third-order valence-corrected chi connectivity index (χ3v) is 2.77. The van der Waals surface area contributed by atoms with Crippen LogP contribution in [0.4, 0.5) is 0 Å². The number of allylic oxidation sites excluding steroid dienone is 2. The van der Waals surface area contributed by atoms with Gasteiger partial charge in [-0.2, -0.15) is 0 Å². The molecule has 0 radical (unpaired) electrons. The molecule has 0 heterocycles. The van der Waals surface area contributed by atoms with Gasteiger partial charge in [0.05, 0.1) is 0 Å². The van der Waals surface area contributed by atoms with Crippen molar-refractivity contribution in [2.45, 2.75) is 26.7 Å². The Morgan fingerprint density at radius 2 is 2.33 bits per heavy atom. The van der Waals surface area contributed by atoms with Crippen molar-refractivity contribution in [2.24, 2.45) is 5.92 Å². The highest BCUT2D eigenvalue weighted by Gasteiger charge is 2.24. The Hall–Kier alpha value is 0.0900. The van der Waals surface area contributed by atoms with Crippen LogP contribution in [0.15, 0.2) is 11.0 Å². The van der Waals surface area contributed by atoms with E-state index in [1.807, 2.05) is 11.8 Å². The van der Waals surface area contributed by atoms with E-state index in [-0.39, 0.29) is 0 Å². The quantitative estimate of drug-likeness (QED) is 0.583. The van der Waals surface area contributed by atoms with Crippen molar-refractivity contribution in [3.05, 3.63) is 11.0 Å². The maximum atomic E-state index is 2.27. The third-order valence-electron chi connectivity index (χ3n) is 1.58. The first-order valence-electron chi connectivity index (χ1n) is 3.67. The van der Waals surface area contributed by atoms with Crippen molar-refractivity contribution in [1.29, 1.82) is 0 Å². The molecule has 0 nitrogen and oxygen atoms in total. The molecule has 1 saturated carbocycles. The zero-order valence-corrected chi connectivity index (χ0v) is 7.00. The van der Waals surface area contributed by atoms with Gasteiger partial charge >= 0.3 is 0 Å². The molecule has 52 valence electrons. The Bertz CT molecular complexity index is 112. The van der Waals surface area contributed by atoms with E-state index in [4.69, 9.17) is 0 Å². The summed E-state index contributed by atoms with van der Waals surface area (Å²) in [6.07, 6.45) is 5.14. The van der Waals surface area contributed by atoms with Gasteiger partial charge < -0.3 is 0 Å². The number of rotatable bonds is 3. The average Bonchev–Trinajstić information content (AvgIpc) is 2.64. The molecule has 1 aliphatic carbocycles. The minimum Gasteiger partial charge on any atom is -0.131 e. The SMILES string of the molecule is CC=C(SCC)C1CC1. The summed E-state index contributed by atoms with van der Waals surface area (Å²) in [5.74, 6) is 2.19. The maximum Gasteiger partial charge on any atom is -0.00517 e. The molecule has 0 aromatic heterocycles. The summed E-state index contributed by atoms with van der Waals surface area (Å²) in [6, 6.07) is 0. The monoisotopic (exact) mass is 142 g/mol. The molecule has 0 spiro atoms. The van der Waals surface area contributed by atoms with Gasteiger partial charge in [0, 0.05) is 0 Å². The normalized spacial score (nSPS) is 20.4. The molecule has 1 rings (SSSR count). The Labute approximate surface area is 61.7 Å². The van der Waals surface area contributed by atoms with Crippen LogP contribution in [-0.2, 0) is 0 Å². The second-order valence-corrected chi connectivity index (χ2v) is 3.74. The van der Waals surface area contributed by atoms with Crippen molar-refractivity contribution < 1.29 is 0 Å². The fraction of sp³-hybridized carbons (Fsp3) is 0.750. The van der Waals surface area contributed by atoms with Crippen LogP contribution >= 0.6 is 11.8 Å². The van der Waals surface area contributed by atoms with E-state index in [0.717, 1.165) is 5.92 Å². The lowest BCUT2D eigenvalue weighted by molar-refractivity contribution is 1.09. The molecule has 0 atom stereocenters. The highest BCUT2D eigenvalue weighted by atomic mass is 32.2. The zero-order valence-electron chi connectivity index (χ0n) is 6.18. The molecule has 0 unspecified atom stereocenters. The lowest BCUT2D eigenvalue weighted by Crippen LogP contribution is -1.78. The predicted molar refractivity (Wildman–Crippen MR) is 44.6 cm³/mol. The molecular weight excluding hydrogens is 128 g/mol. The standard InChI is InChI=1S/C8H14S/c1-3-8(9-4-2)7-5-6-7/h3,7H,4-6H2,1-2H3. The van der Waals surface area contributed by atoms with Crippen LogP contribution in [0, 0.1) is 5.92 Å². The van der Waals surface area contributed by atoms with Gasteiger partial charge in [0.25, 0.3) is 0 Å². The lowest BCUT2D eigenvalue weighted by atomic mass is 10.4. The van der Waals surface area contributed by atoms with Gasteiger partial charge in [-0.15, -0.1) is 11.8 Å². The summed E-state index contributed by atoms with van der Waals surface area (Å²) >= 11 is 2.01. The second-order valence-electron chi connectivity index (χ2n) is 2.40. The number of hydrogen-bond donors (Lipinski definition) is 0. The summed E-state index contributed by atoms with van der Waals surface area (Å²) in [5.41, 5.74) is 0. The van der Waals surface area contributed by atoms with Crippen LogP contribution in [-0.4, -0.2) is 5.75 Å². The van der Waals surface area contributed by atoms with Gasteiger partial charge in [-0.1, -0.05) is 13.0 Å². The Morgan fingerprint density at radius 1 is 1.67 bits per heavy atom. The first-order valence-corrected chi connectivity index (χ1v) is 4.66. The third kappa shape index (κ3) is 2.05. The number of hydrogen-bond acceptors (Lipinski definition) is 1. The highest BCUT2D eigenvalue weighted by molar-refractivity contribution is 8.03. The van der Waals surface area contributed by atoms with Crippen LogP contribution in [0.1, 0.15) is 26.7 Å². The summed E-state index contributed by atoms with van der Waals surface area (Å²) in [5, 5.41) is 0. The number of thioether (sulfide) groups is 1. The van der Waals surface area contributed by atoms with E-state index < -0.39 is 0 Å². The van der Waals surface area contributed by atoms with Crippen molar-refractivity contribution in [3.63, 3.8) is 0 Å². The highest BCUT2D eigenvalue weighted by Crippen LogP contribution is 2.41. The minimum atomic E-state index is 0.958. The predicted octanol–water partition coefficient (Wildman–Crippen LogP) is 3.05. The van der Waals surface area contributed by atoms with Gasteiger partial charge in [0.2, 0.25) is 0 Å². The van der Waals surface area contributed by atoms with Crippen molar-refractivity contribution >= 4 is 11.8 Å². The van der Waals surface area contributed by atoms with E-state index in [1.54, 1.807) is 4.91 Å². The van der Waals surface area contributed by atoms with E-state index in [0.29, 0.717) is 0 Å². The summed E-state index contributed by atoms with van der Waals surface area (Å²) in [6.45, 7) is 4.37. The van der Waals surface area contributed by atoms with E-state index >= 15 is 0 Å². The lowest BCUT2D eigenvalue weighted by Gasteiger charge is -1.99. The Balaban J connectivity index is 2.30. The molecule has 0 aromatic carbocycles. The molecule has 1 fully saturated rings. The van der Waals surface area contributed by atoms with Gasteiger partial charge in [0.1, 0.15) is 0 Å². The van der Waals surface area contributed by atoms with Crippen molar-refractivity contribution in [3.8, 4) is 0 Å². The van der Waals surface area contributed by atoms with Crippen LogP contribution in [0.5, 0.6) is 0 Å². The maximum absolute atomic E-state index is 2.27. The van der Waals surface area contributed by atoms with Crippen LogP contribution < -0.4 is 0 Å². The summed E-state index contributed by atoms with van der Waals surface area (Å²) in [4.78, 5) is 1.62. The Morgan fingerprint density at radius 3 is 2.67 bits per heavy atom. The van der Waals surface area contributed by atoms with Crippen molar-refractivity contribution in [2.75, 3.05) is 5.75 Å². The minimum absolute atomic E-state index is 0.958. The van der Waals surface area contributed by atoms with Crippen LogP contribution in [0.3, 0.4) is 0 Å². The fourth-order valence-corrected chi connectivity index (χ4v) is 1.94. The molecule has 1 aliphatic rings. The molecule has 9 heavy (non-hydrogen) atoms. The first kappa shape index (κ1) is 7.20. The molecule has 0 aromatic rings. The molecule has 0 saturated heterocycles. The van der Waals surface area contributed by atoms with Gasteiger partial charge in [-0.25, -0.2) is 0 Å². The average molecular weight is 142 g/mol. The largest absolute Gasteiger partial charge is 0.131 e. The zero-order chi connectivity index (χ0) is 6.69. The second kappa shape index (κ2) is 3.31.